The first-order valence-electron chi connectivity index (χ1n) is 21.7. The number of furan rings is 1. The molecule has 334 valence electrons. The predicted molar refractivity (Wildman–Crippen MR) is 260 cm³/mol. The van der Waals surface area contributed by atoms with Crippen molar-refractivity contribution in [2.24, 2.45) is 0 Å². The standard InChI is InChI=1S/C55H43BN4O8/c1-33-19-23-45-44-17-10-18-46(50(44)68-51(45)60-33)49-24-20-36(30-57-49)42-15-8-9-16-43(42)37-27-40(53(62,63)52(56,61)38-21-25-47(58-31-38)34-11-4-2-5-12-34)29-41(28-37)55(66,67)54(64,65)39-22-26-48(59-32-39)35-13-6-3-7-14-35/h2-32,61-67H,56H2,1H3. The lowest BCUT2D eigenvalue weighted by atomic mass is 9.67. The van der Waals surface area contributed by atoms with Gasteiger partial charge in [-0.1, -0.05) is 109 Å². The summed E-state index contributed by atoms with van der Waals surface area (Å²) in [7, 11) is 1.19. The fourth-order valence-electron chi connectivity index (χ4n) is 8.58. The third-order valence-corrected chi connectivity index (χ3v) is 12.6. The predicted octanol–water partition coefficient (Wildman–Crippen LogP) is 7.40. The van der Waals surface area contributed by atoms with Gasteiger partial charge in [0.25, 0.3) is 11.6 Å². The zero-order valence-electron chi connectivity index (χ0n) is 36.7. The second kappa shape index (κ2) is 16.9. The Morgan fingerprint density at radius 1 is 0.412 bits per heavy atom. The van der Waals surface area contributed by atoms with Crippen LogP contribution >= 0.6 is 0 Å². The Hall–Kier alpha value is -7.72. The van der Waals surface area contributed by atoms with Crippen LogP contribution in [-0.4, -0.2) is 63.5 Å². The highest BCUT2D eigenvalue weighted by atomic mass is 16.6. The van der Waals surface area contributed by atoms with E-state index in [4.69, 9.17) is 9.40 Å². The molecule has 1 atom stereocenters. The van der Waals surface area contributed by atoms with Crippen LogP contribution in [0.4, 0.5) is 0 Å². The fourth-order valence-corrected chi connectivity index (χ4v) is 8.58. The summed E-state index contributed by atoms with van der Waals surface area (Å²) in [5.41, 5.74) is 4.10. The summed E-state index contributed by atoms with van der Waals surface area (Å²) in [6.07, 6.45) is 4.13. The zero-order valence-corrected chi connectivity index (χ0v) is 36.7. The van der Waals surface area contributed by atoms with E-state index in [9.17, 15) is 35.7 Å². The van der Waals surface area contributed by atoms with Gasteiger partial charge in [-0.15, -0.1) is 0 Å². The van der Waals surface area contributed by atoms with Gasteiger partial charge < -0.3 is 40.2 Å². The van der Waals surface area contributed by atoms with Gasteiger partial charge >= 0.3 is 0 Å². The van der Waals surface area contributed by atoms with E-state index >= 15 is 0 Å². The van der Waals surface area contributed by atoms with Crippen LogP contribution in [0.15, 0.2) is 193 Å². The van der Waals surface area contributed by atoms with E-state index in [0.29, 0.717) is 45.1 Å². The molecule has 0 radical (unpaired) electrons. The monoisotopic (exact) mass is 898 g/mol. The molecule has 0 aliphatic rings. The van der Waals surface area contributed by atoms with Gasteiger partial charge in [0, 0.05) is 74.0 Å². The molecule has 0 saturated carbocycles. The summed E-state index contributed by atoms with van der Waals surface area (Å²) in [6.45, 7) is 1.90. The van der Waals surface area contributed by atoms with E-state index in [-0.39, 0.29) is 16.7 Å². The summed E-state index contributed by atoms with van der Waals surface area (Å²) in [5, 5.41) is 85.8. The minimum absolute atomic E-state index is 0.0212. The van der Waals surface area contributed by atoms with Crippen LogP contribution in [0.2, 0.25) is 0 Å². The maximum atomic E-state index is 12.2. The van der Waals surface area contributed by atoms with Crippen molar-refractivity contribution in [2.45, 2.75) is 29.8 Å². The molecule has 0 amide bonds. The third-order valence-electron chi connectivity index (χ3n) is 12.6. The molecule has 10 aromatic rings. The van der Waals surface area contributed by atoms with Gasteiger partial charge in [-0.05, 0) is 89.8 Å². The average molecular weight is 899 g/mol. The van der Waals surface area contributed by atoms with E-state index in [1.54, 1.807) is 24.4 Å². The zero-order chi connectivity index (χ0) is 47.4. The van der Waals surface area contributed by atoms with Gasteiger partial charge in [-0.3, -0.25) is 15.0 Å². The van der Waals surface area contributed by atoms with Crippen molar-refractivity contribution in [3.05, 3.63) is 216 Å². The van der Waals surface area contributed by atoms with Crippen molar-refractivity contribution >= 4 is 29.9 Å². The van der Waals surface area contributed by atoms with Crippen molar-refractivity contribution in [1.29, 1.82) is 0 Å². The fraction of sp³-hybridized carbons (Fsp3) is 0.0909. The first-order valence-corrected chi connectivity index (χ1v) is 21.7. The van der Waals surface area contributed by atoms with E-state index in [1.807, 2.05) is 122 Å². The molecule has 5 aromatic carbocycles. The minimum Gasteiger partial charge on any atom is -0.437 e. The number of aromatic nitrogens is 4. The normalized spacial score (nSPS) is 13.2. The number of nitrogens with zero attached hydrogens (tertiary/aromatic N) is 4. The number of pyridine rings is 4. The highest BCUT2D eigenvalue weighted by Crippen LogP contribution is 2.45. The summed E-state index contributed by atoms with van der Waals surface area (Å²) in [4.78, 5) is 18.3. The molecule has 0 aliphatic carbocycles. The van der Waals surface area contributed by atoms with Gasteiger partial charge in [0.05, 0.1) is 17.1 Å². The molecule has 0 bridgehead atoms. The Morgan fingerprint density at radius 3 is 1.53 bits per heavy atom. The van der Waals surface area contributed by atoms with Crippen LogP contribution in [-0.2, 0) is 22.9 Å². The maximum Gasteiger partial charge on any atom is 0.252 e. The van der Waals surface area contributed by atoms with Gasteiger partial charge in [0.15, 0.2) is 7.85 Å². The van der Waals surface area contributed by atoms with E-state index < -0.39 is 34.0 Å². The Balaban J connectivity index is 1.07. The number of benzene rings is 5. The molecule has 1 unspecified atom stereocenters. The van der Waals surface area contributed by atoms with E-state index in [1.165, 1.54) is 44.4 Å². The van der Waals surface area contributed by atoms with Crippen LogP contribution < -0.4 is 0 Å². The van der Waals surface area contributed by atoms with Crippen LogP contribution in [0.1, 0.15) is 27.9 Å². The number of aryl methyl sites for hydroxylation is 1. The Kier molecular flexibility index (Phi) is 10.9. The Morgan fingerprint density at radius 2 is 0.941 bits per heavy atom. The van der Waals surface area contributed by atoms with E-state index in [0.717, 1.165) is 45.4 Å². The van der Waals surface area contributed by atoms with Crippen molar-refractivity contribution in [2.75, 3.05) is 0 Å². The molecule has 12 nitrogen and oxygen atoms in total. The second-order valence-electron chi connectivity index (χ2n) is 17.1. The third kappa shape index (κ3) is 7.63. The molecular weight excluding hydrogens is 855 g/mol. The first-order chi connectivity index (χ1) is 32.6. The average Bonchev–Trinajstić information content (AvgIpc) is 3.74. The van der Waals surface area contributed by atoms with Crippen molar-refractivity contribution in [3.8, 4) is 56.0 Å². The molecule has 7 N–H and O–H groups in total. The lowest BCUT2D eigenvalue weighted by molar-refractivity contribution is -0.375. The largest absolute Gasteiger partial charge is 0.437 e. The molecule has 5 heterocycles. The van der Waals surface area contributed by atoms with Crippen LogP contribution in [0.3, 0.4) is 0 Å². The van der Waals surface area contributed by atoms with Gasteiger partial charge in [0.2, 0.25) is 11.5 Å². The van der Waals surface area contributed by atoms with Gasteiger partial charge in [-0.2, -0.15) is 0 Å². The minimum atomic E-state index is -3.53. The molecule has 0 saturated heterocycles. The Bertz CT molecular complexity index is 3330. The summed E-state index contributed by atoms with van der Waals surface area (Å²) < 4.78 is 6.25. The van der Waals surface area contributed by atoms with Crippen LogP contribution in [0.5, 0.6) is 0 Å². The lowest BCUT2D eigenvalue weighted by Gasteiger charge is -2.40. The molecule has 0 aliphatic heterocycles. The number of para-hydroxylation sites is 1. The van der Waals surface area contributed by atoms with Crippen LogP contribution in [0, 0.1) is 6.92 Å². The molecule has 0 spiro atoms. The summed E-state index contributed by atoms with van der Waals surface area (Å²) in [5.74, 6) is -10.1. The molecule has 0 fully saturated rings. The number of rotatable bonds is 11. The number of hydrogen-bond donors (Lipinski definition) is 7. The maximum absolute atomic E-state index is 12.2. The van der Waals surface area contributed by atoms with Gasteiger partial charge in [0.1, 0.15) is 11.1 Å². The molecule has 68 heavy (non-hydrogen) atoms. The van der Waals surface area contributed by atoms with Gasteiger partial charge in [-0.25, -0.2) is 4.98 Å². The summed E-state index contributed by atoms with van der Waals surface area (Å²) in [6, 6.07) is 48.7. The van der Waals surface area contributed by atoms with Crippen LogP contribution in [0.25, 0.3) is 78.1 Å². The topological polar surface area (TPSA) is 206 Å². The quantitative estimate of drug-likeness (QED) is 0.0501. The first kappa shape index (κ1) is 44.1. The molecule has 13 heteroatoms. The number of hydrogen-bond acceptors (Lipinski definition) is 12. The smallest absolute Gasteiger partial charge is 0.252 e. The highest BCUT2D eigenvalue weighted by Gasteiger charge is 2.53. The van der Waals surface area contributed by atoms with Crippen molar-refractivity contribution in [3.63, 3.8) is 0 Å². The molecule has 5 aromatic heterocycles. The molecule has 10 rings (SSSR count). The molecular formula is C55H43BN4O8. The van der Waals surface area contributed by atoms with E-state index in [2.05, 4.69) is 15.0 Å². The highest BCUT2D eigenvalue weighted by molar-refractivity contribution is 6.15. The Labute approximate surface area is 390 Å². The summed E-state index contributed by atoms with van der Waals surface area (Å²) >= 11 is 0. The number of fused-ring (bicyclic) bond motifs is 3. The number of aliphatic hydroxyl groups is 7. The second-order valence-corrected chi connectivity index (χ2v) is 17.1. The lowest BCUT2D eigenvalue weighted by Crippen LogP contribution is -2.51. The SMILES string of the molecule is BC(O)(c1ccc(-c2ccccc2)nc1)C(O)(O)c1cc(-c2ccccc2-c2ccc(-c3cccc4c3oc3nc(C)ccc34)nc2)cc(C(O)(O)C(O)(O)c2ccc(-c3ccccc3)nc2)c1. The van der Waals surface area contributed by atoms with Crippen molar-refractivity contribution in [1.82, 2.24) is 19.9 Å². The van der Waals surface area contributed by atoms with Crippen molar-refractivity contribution < 1.29 is 40.2 Å².